The number of rotatable bonds is 2. The van der Waals surface area contributed by atoms with Gasteiger partial charge in [0.25, 0.3) is 0 Å². The SMILES string of the molecule is CN(I)c1ccc([N+]2(C)CC2)cn1. The number of nitrogens with zero attached hydrogens (tertiary/aromatic N) is 3. The fourth-order valence-electron chi connectivity index (χ4n) is 1.29. The van der Waals surface area contributed by atoms with Crippen LogP contribution in [0.25, 0.3) is 0 Å². The molecule has 70 valence electrons. The summed E-state index contributed by atoms with van der Waals surface area (Å²) in [5.74, 6) is 1.01. The smallest absolute Gasteiger partial charge is 0.151 e. The molecule has 1 aromatic heterocycles. The average molecular weight is 290 g/mol. The zero-order valence-electron chi connectivity index (χ0n) is 7.87. The van der Waals surface area contributed by atoms with Crippen LogP contribution in [-0.4, -0.2) is 32.2 Å². The van der Waals surface area contributed by atoms with Gasteiger partial charge >= 0.3 is 0 Å². The van der Waals surface area contributed by atoms with Gasteiger partial charge in [-0.15, -0.1) is 0 Å². The van der Waals surface area contributed by atoms with E-state index in [-0.39, 0.29) is 0 Å². The third-order valence-corrected chi connectivity index (χ3v) is 3.06. The zero-order valence-corrected chi connectivity index (χ0v) is 10.0. The highest BCUT2D eigenvalue weighted by Crippen LogP contribution is 2.29. The molecule has 0 saturated carbocycles. The lowest BCUT2D eigenvalue weighted by molar-refractivity contribution is 0.657. The number of aromatic nitrogens is 1. The van der Waals surface area contributed by atoms with Gasteiger partial charge in [0.15, 0.2) is 5.69 Å². The van der Waals surface area contributed by atoms with Gasteiger partial charge in [0.2, 0.25) is 0 Å². The number of quaternary nitrogens is 1. The predicted octanol–water partition coefficient (Wildman–Crippen LogP) is 1.82. The fourth-order valence-corrected chi connectivity index (χ4v) is 1.57. The van der Waals surface area contributed by atoms with Gasteiger partial charge in [-0.2, -0.15) is 0 Å². The first-order valence-electron chi connectivity index (χ1n) is 4.32. The van der Waals surface area contributed by atoms with Crippen molar-refractivity contribution in [3.63, 3.8) is 0 Å². The maximum absolute atomic E-state index is 4.39. The van der Waals surface area contributed by atoms with E-state index in [0.717, 1.165) is 10.3 Å². The van der Waals surface area contributed by atoms with Gasteiger partial charge in [-0.05, 0) is 6.07 Å². The van der Waals surface area contributed by atoms with Crippen LogP contribution in [0.4, 0.5) is 11.5 Å². The maximum Gasteiger partial charge on any atom is 0.151 e. The summed E-state index contributed by atoms with van der Waals surface area (Å²) >= 11 is 2.22. The molecule has 1 aromatic rings. The third kappa shape index (κ3) is 1.78. The van der Waals surface area contributed by atoms with E-state index in [4.69, 9.17) is 0 Å². The first-order chi connectivity index (χ1) is 6.12. The van der Waals surface area contributed by atoms with Gasteiger partial charge in [0, 0.05) is 13.1 Å². The van der Waals surface area contributed by atoms with E-state index in [9.17, 15) is 0 Å². The average Bonchev–Trinajstić information content (AvgIpc) is 2.85. The van der Waals surface area contributed by atoms with Crippen molar-refractivity contribution in [3.8, 4) is 0 Å². The molecule has 0 N–H and O–H groups in total. The van der Waals surface area contributed by atoms with Crippen LogP contribution in [0.15, 0.2) is 18.3 Å². The number of halogens is 1. The summed E-state index contributed by atoms with van der Waals surface area (Å²) < 4.78 is 3.04. The predicted molar refractivity (Wildman–Crippen MR) is 64.1 cm³/mol. The lowest BCUT2D eigenvalue weighted by Gasteiger charge is -2.12. The molecule has 0 bridgehead atoms. The van der Waals surface area contributed by atoms with Gasteiger partial charge in [0.05, 0.1) is 36.1 Å². The fraction of sp³-hybridized carbons (Fsp3) is 0.444. The Morgan fingerprint density at radius 3 is 2.54 bits per heavy atom. The molecular weight excluding hydrogens is 277 g/mol. The van der Waals surface area contributed by atoms with Crippen molar-refractivity contribution < 1.29 is 0 Å². The zero-order chi connectivity index (χ0) is 9.47. The molecule has 0 amide bonds. The first kappa shape index (κ1) is 9.21. The number of pyridine rings is 1. The Balaban J connectivity index is 2.24. The van der Waals surface area contributed by atoms with E-state index >= 15 is 0 Å². The molecule has 4 heteroatoms. The first-order valence-corrected chi connectivity index (χ1v) is 5.29. The molecule has 1 aliphatic rings. The number of anilines is 1. The Labute approximate surface area is 92.5 Å². The molecular formula is C9H13IN3+. The van der Waals surface area contributed by atoms with E-state index in [1.807, 2.05) is 16.4 Å². The number of likely N-dealkylation sites (N-methyl/N-ethyl adjacent to an activating group) is 1. The molecule has 2 rings (SSSR count). The van der Waals surface area contributed by atoms with E-state index < -0.39 is 0 Å². The molecule has 2 heterocycles. The van der Waals surface area contributed by atoms with Crippen molar-refractivity contribution in [2.75, 3.05) is 30.3 Å². The quantitative estimate of drug-likeness (QED) is 0.357. The van der Waals surface area contributed by atoms with Crippen LogP contribution >= 0.6 is 22.9 Å². The highest BCUT2D eigenvalue weighted by atomic mass is 127. The van der Waals surface area contributed by atoms with Crippen LogP contribution in [0.5, 0.6) is 0 Å². The van der Waals surface area contributed by atoms with E-state index in [1.165, 1.54) is 18.8 Å². The molecule has 13 heavy (non-hydrogen) atoms. The van der Waals surface area contributed by atoms with Crippen molar-refractivity contribution in [2.24, 2.45) is 0 Å². The second kappa shape index (κ2) is 3.09. The van der Waals surface area contributed by atoms with Gasteiger partial charge < -0.3 is 3.11 Å². The molecule has 1 saturated heterocycles. The largest absolute Gasteiger partial charge is 0.302 e. The summed E-state index contributed by atoms with van der Waals surface area (Å²) in [6.45, 7) is 2.50. The molecule has 0 unspecified atom stereocenters. The molecule has 3 nitrogen and oxygen atoms in total. The van der Waals surface area contributed by atoms with Gasteiger partial charge in [-0.3, -0.25) is 4.48 Å². The minimum absolute atomic E-state index is 1.01. The van der Waals surface area contributed by atoms with Crippen LogP contribution in [0, 0.1) is 0 Å². The van der Waals surface area contributed by atoms with Gasteiger partial charge in [-0.1, -0.05) is 0 Å². The van der Waals surface area contributed by atoms with Gasteiger partial charge in [0.1, 0.15) is 18.9 Å². The Kier molecular flexibility index (Phi) is 2.19. The van der Waals surface area contributed by atoms with Crippen LogP contribution in [-0.2, 0) is 0 Å². The molecule has 0 aromatic carbocycles. The van der Waals surface area contributed by atoms with Crippen molar-refractivity contribution >= 4 is 34.4 Å². The van der Waals surface area contributed by atoms with Crippen LogP contribution < -0.4 is 7.60 Å². The summed E-state index contributed by atoms with van der Waals surface area (Å²) in [5.41, 5.74) is 1.32. The van der Waals surface area contributed by atoms with Gasteiger partial charge in [-0.25, -0.2) is 4.98 Å². The molecule has 0 aliphatic carbocycles. The minimum Gasteiger partial charge on any atom is -0.302 e. The molecule has 0 spiro atoms. The van der Waals surface area contributed by atoms with Crippen LogP contribution in [0.2, 0.25) is 0 Å². The summed E-state index contributed by atoms with van der Waals surface area (Å²) in [4.78, 5) is 4.39. The van der Waals surface area contributed by atoms with Crippen molar-refractivity contribution in [3.05, 3.63) is 18.3 Å². The summed E-state index contributed by atoms with van der Waals surface area (Å²) in [6.07, 6.45) is 1.98. The summed E-state index contributed by atoms with van der Waals surface area (Å²) in [6, 6.07) is 4.24. The molecule has 1 fully saturated rings. The van der Waals surface area contributed by atoms with E-state index in [1.54, 1.807) is 0 Å². The van der Waals surface area contributed by atoms with Crippen molar-refractivity contribution in [1.82, 2.24) is 9.47 Å². The molecule has 0 atom stereocenters. The summed E-state index contributed by atoms with van der Waals surface area (Å²) in [5, 5.41) is 0. The lowest BCUT2D eigenvalue weighted by Crippen LogP contribution is -2.18. The number of hydrogen-bond acceptors (Lipinski definition) is 2. The Bertz CT molecular complexity index is 303. The van der Waals surface area contributed by atoms with E-state index in [0.29, 0.717) is 0 Å². The van der Waals surface area contributed by atoms with Crippen LogP contribution in [0.1, 0.15) is 0 Å². The minimum atomic E-state index is 1.01. The monoisotopic (exact) mass is 290 g/mol. The third-order valence-electron chi connectivity index (χ3n) is 2.57. The van der Waals surface area contributed by atoms with Crippen LogP contribution in [0.3, 0.4) is 0 Å². The van der Waals surface area contributed by atoms with Crippen molar-refractivity contribution in [1.29, 1.82) is 0 Å². The normalized spacial score (nSPS) is 18.4. The Hall–Kier alpha value is -0.360. The maximum atomic E-state index is 4.39. The topological polar surface area (TPSA) is 16.1 Å². The Morgan fingerprint density at radius 1 is 1.46 bits per heavy atom. The molecule has 0 radical (unpaired) electrons. The van der Waals surface area contributed by atoms with E-state index in [2.05, 4.69) is 47.0 Å². The Morgan fingerprint density at radius 2 is 2.15 bits per heavy atom. The summed E-state index contributed by atoms with van der Waals surface area (Å²) in [7, 11) is 4.24. The number of hydrogen-bond donors (Lipinski definition) is 0. The lowest BCUT2D eigenvalue weighted by atomic mass is 10.4. The second-order valence-electron chi connectivity index (χ2n) is 3.69. The highest BCUT2D eigenvalue weighted by molar-refractivity contribution is 14.1. The second-order valence-corrected chi connectivity index (χ2v) is 5.14. The van der Waals surface area contributed by atoms with Crippen molar-refractivity contribution in [2.45, 2.75) is 0 Å². The highest BCUT2D eigenvalue weighted by Gasteiger charge is 2.39. The standard InChI is InChI=1S/C9H13IN3/c1-12(10)9-4-3-8(7-11-9)13(2)5-6-13/h3-4,7H,5-6H2,1-2H3/q+1. The molecule has 1 aliphatic heterocycles.